The van der Waals surface area contributed by atoms with Gasteiger partial charge in [-0.25, -0.2) is 4.79 Å². The van der Waals surface area contributed by atoms with Gasteiger partial charge in [0, 0.05) is 12.7 Å². The molecule has 3 nitrogen and oxygen atoms in total. The van der Waals surface area contributed by atoms with Crippen LogP contribution in [-0.4, -0.2) is 20.1 Å². The molecule has 1 rings (SSSR count). The van der Waals surface area contributed by atoms with Gasteiger partial charge in [-0.1, -0.05) is 6.07 Å². The fraction of sp³-hybridized carbons (Fsp3) is 0.364. The Hall–Kier alpha value is -1.51. The van der Waals surface area contributed by atoms with Crippen molar-refractivity contribution in [3.8, 4) is 0 Å². The number of rotatable bonds is 2. The Kier molecular flexibility index (Phi) is 3.12. The van der Waals surface area contributed by atoms with E-state index in [1.54, 1.807) is 0 Å². The van der Waals surface area contributed by atoms with Gasteiger partial charge < -0.3 is 10.1 Å². The van der Waals surface area contributed by atoms with Crippen LogP contribution in [-0.2, 0) is 4.74 Å². The van der Waals surface area contributed by atoms with Crippen LogP contribution in [0, 0.1) is 13.8 Å². The van der Waals surface area contributed by atoms with Gasteiger partial charge in [-0.2, -0.15) is 0 Å². The largest absolute Gasteiger partial charge is 0.465 e. The zero-order valence-corrected chi connectivity index (χ0v) is 8.97. The summed E-state index contributed by atoms with van der Waals surface area (Å²) in [7, 11) is 3.22. The molecule has 0 aromatic heterocycles. The standard InChI is InChI=1S/C11H15NO2/c1-7-5-8(2)10(12-3)6-9(7)11(13)14-4/h5-6,12H,1-4H3. The van der Waals surface area contributed by atoms with Crippen molar-refractivity contribution >= 4 is 11.7 Å². The second-order valence-corrected chi connectivity index (χ2v) is 3.22. The number of anilines is 1. The maximum atomic E-state index is 11.4. The van der Waals surface area contributed by atoms with Crippen LogP contribution in [0.15, 0.2) is 12.1 Å². The Bertz CT molecular complexity index is 359. The molecule has 0 atom stereocenters. The summed E-state index contributed by atoms with van der Waals surface area (Å²) in [5, 5.41) is 3.03. The van der Waals surface area contributed by atoms with E-state index in [9.17, 15) is 4.79 Å². The molecule has 0 amide bonds. The summed E-state index contributed by atoms with van der Waals surface area (Å²) >= 11 is 0. The Morgan fingerprint density at radius 1 is 1.29 bits per heavy atom. The molecule has 0 saturated carbocycles. The molecule has 0 aliphatic heterocycles. The molecule has 0 heterocycles. The van der Waals surface area contributed by atoms with Gasteiger partial charge in [-0.3, -0.25) is 0 Å². The summed E-state index contributed by atoms with van der Waals surface area (Å²) in [6.45, 7) is 3.90. The monoisotopic (exact) mass is 193 g/mol. The molecular weight excluding hydrogens is 178 g/mol. The van der Waals surface area contributed by atoms with Crippen molar-refractivity contribution in [2.75, 3.05) is 19.5 Å². The first-order valence-electron chi connectivity index (χ1n) is 4.47. The first-order chi connectivity index (χ1) is 6.60. The van der Waals surface area contributed by atoms with E-state index < -0.39 is 0 Å². The number of methoxy groups -OCH3 is 1. The van der Waals surface area contributed by atoms with Gasteiger partial charge in [0.25, 0.3) is 0 Å². The second kappa shape index (κ2) is 4.13. The van der Waals surface area contributed by atoms with E-state index >= 15 is 0 Å². The zero-order valence-electron chi connectivity index (χ0n) is 8.97. The Morgan fingerprint density at radius 2 is 1.93 bits per heavy atom. The number of benzene rings is 1. The molecule has 3 heteroatoms. The lowest BCUT2D eigenvalue weighted by atomic mass is 10.0. The number of aryl methyl sites for hydroxylation is 2. The average molecular weight is 193 g/mol. The first-order valence-corrected chi connectivity index (χ1v) is 4.47. The van der Waals surface area contributed by atoms with Crippen molar-refractivity contribution < 1.29 is 9.53 Å². The predicted molar refractivity (Wildman–Crippen MR) is 56.8 cm³/mol. The maximum Gasteiger partial charge on any atom is 0.338 e. The van der Waals surface area contributed by atoms with Gasteiger partial charge >= 0.3 is 5.97 Å². The Morgan fingerprint density at radius 3 is 2.43 bits per heavy atom. The number of hydrogen-bond donors (Lipinski definition) is 1. The van der Waals surface area contributed by atoms with E-state index in [4.69, 9.17) is 0 Å². The van der Waals surface area contributed by atoms with Crippen molar-refractivity contribution in [1.29, 1.82) is 0 Å². The fourth-order valence-electron chi connectivity index (χ4n) is 1.45. The molecule has 0 saturated heterocycles. The summed E-state index contributed by atoms with van der Waals surface area (Å²) < 4.78 is 4.69. The molecule has 0 aliphatic carbocycles. The predicted octanol–water partition coefficient (Wildman–Crippen LogP) is 2.13. The molecule has 0 radical (unpaired) electrons. The van der Waals surface area contributed by atoms with Crippen LogP contribution in [0.25, 0.3) is 0 Å². The quantitative estimate of drug-likeness (QED) is 0.731. The minimum absolute atomic E-state index is 0.293. The molecule has 0 aliphatic rings. The van der Waals surface area contributed by atoms with E-state index in [0.29, 0.717) is 5.56 Å². The highest BCUT2D eigenvalue weighted by molar-refractivity contribution is 5.92. The van der Waals surface area contributed by atoms with Crippen molar-refractivity contribution in [3.05, 3.63) is 28.8 Å². The lowest BCUT2D eigenvalue weighted by Gasteiger charge is -2.10. The maximum absolute atomic E-state index is 11.4. The summed E-state index contributed by atoms with van der Waals surface area (Å²) in [6.07, 6.45) is 0. The highest BCUT2D eigenvalue weighted by Crippen LogP contribution is 2.20. The van der Waals surface area contributed by atoms with Gasteiger partial charge in [0.2, 0.25) is 0 Å². The van der Waals surface area contributed by atoms with Gasteiger partial charge in [0.1, 0.15) is 0 Å². The molecular formula is C11H15NO2. The summed E-state index contributed by atoms with van der Waals surface area (Å²) in [5.41, 5.74) is 3.63. The number of carbonyl (C=O) groups is 1. The molecule has 0 fully saturated rings. The topological polar surface area (TPSA) is 38.3 Å². The molecule has 1 N–H and O–H groups in total. The molecule has 1 aromatic rings. The van der Waals surface area contributed by atoms with Crippen molar-refractivity contribution in [1.82, 2.24) is 0 Å². The third-order valence-corrected chi connectivity index (χ3v) is 2.25. The minimum Gasteiger partial charge on any atom is -0.465 e. The number of ether oxygens (including phenoxy) is 1. The van der Waals surface area contributed by atoms with Gasteiger partial charge in [-0.05, 0) is 31.0 Å². The van der Waals surface area contributed by atoms with E-state index in [2.05, 4.69) is 10.1 Å². The van der Waals surface area contributed by atoms with Gasteiger partial charge in [-0.15, -0.1) is 0 Å². The highest BCUT2D eigenvalue weighted by atomic mass is 16.5. The second-order valence-electron chi connectivity index (χ2n) is 3.22. The first kappa shape index (κ1) is 10.6. The van der Waals surface area contributed by atoms with Gasteiger partial charge in [0.15, 0.2) is 0 Å². The fourth-order valence-corrected chi connectivity index (χ4v) is 1.45. The van der Waals surface area contributed by atoms with E-state index in [0.717, 1.165) is 16.8 Å². The molecule has 0 unspecified atom stereocenters. The number of hydrogen-bond acceptors (Lipinski definition) is 3. The van der Waals surface area contributed by atoms with Crippen LogP contribution >= 0.6 is 0 Å². The van der Waals surface area contributed by atoms with Crippen LogP contribution < -0.4 is 5.32 Å². The van der Waals surface area contributed by atoms with Crippen LogP contribution in [0.2, 0.25) is 0 Å². The van der Waals surface area contributed by atoms with E-state index in [1.165, 1.54) is 7.11 Å². The number of carbonyl (C=O) groups excluding carboxylic acids is 1. The van der Waals surface area contributed by atoms with Crippen molar-refractivity contribution in [3.63, 3.8) is 0 Å². The molecule has 76 valence electrons. The highest BCUT2D eigenvalue weighted by Gasteiger charge is 2.11. The third kappa shape index (κ3) is 1.87. The molecule has 0 bridgehead atoms. The van der Waals surface area contributed by atoms with Crippen LogP contribution in [0.4, 0.5) is 5.69 Å². The smallest absolute Gasteiger partial charge is 0.338 e. The Labute approximate surface area is 84.1 Å². The Balaban J connectivity index is 3.24. The summed E-state index contributed by atoms with van der Waals surface area (Å²) in [5.74, 6) is -0.293. The molecule has 14 heavy (non-hydrogen) atoms. The van der Waals surface area contributed by atoms with E-state index in [-0.39, 0.29) is 5.97 Å². The average Bonchev–Trinajstić information content (AvgIpc) is 2.17. The SMILES string of the molecule is CNc1cc(C(=O)OC)c(C)cc1C. The van der Waals surface area contributed by atoms with E-state index in [1.807, 2.05) is 33.0 Å². The number of nitrogens with one attached hydrogen (secondary N) is 1. The summed E-state index contributed by atoms with van der Waals surface area (Å²) in [6, 6.07) is 3.79. The molecule has 0 spiro atoms. The molecule has 1 aromatic carbocycles. The van der Waals surface area contributed by atoms with Crippen LogP contribution in [0.1, 0.15) is 21.5 Å². The van der Waals surface area contributed by atoms with Gasteiger partial charge in [0.05, 0.1) is 12.7 Å². The van der Waals surface area contributed by atoms with Crippen molar-refractivity contribution in [2.45, 2.75) is 13.8 Å². The van der Waals surface area contributed by atoms with Crippen LogP contribution in [0.5, 0.6) is 0 Å². The summed E-state index contributed by atoms with van der Waals surface area (Å²) in [4.78, 5) is 11.4. The lowest BCUT2D eigenvalue weighted by molar-refractivity contribution is 0.0600. The van der Waals surface area contributed by atoms with Crippen LogP contribution in [0.3, 0.4) is 0 Å². The van der Waals surface area contributed by atoms with Crippen molar-refractivity contribution in [2.24, 2.45) is 0 Å². The zero-order chi connectivity index (χ0) is 10.7. The number of esters is 1. The minimum atomic E-state index is -0.293. The normalized spacial score (nSPS) is 9.71. The third-order valence-electron chi connectivity index (χ3n) is 2.25. The lowest BCUT2D eigenvalue weighted by Crippen LogP contribution is -2.05.